The van der Waals surface area contributed by atoms with E-state index in [1.165, 1.54) is 6.07 Å². The van der Waals surface area contributed by atoms with E-state index in [0.717, 1.165) is 23.6 Å². The summed E-state index contributed by atoms with van der Waals surface area (Å²) in [6, 6.07) is 3.79. The van der Waals surface area contributed by atoms with Crippen LogP contribution >= 0.6 is 11.8 Å². The summed E-state index contributed by atoms with van der Waals surface area (Å²) >= 11 is 1.82. The van der Waals surface area contributed by atoms with Gasteiger partial charge >= 0.3 is 0 Å². The van der Waals surface area contributed by atoms with Crippen molar-refractivity contribution in [2.45, 2.75) is 37.7 Å². The van der Waals surface area contributed by atoms with Crippen LogP contribution in [-0.4, -0.2) is 34.7 Å². The van der Waals surface area contributed by atoms with Crippen LogP contribution in [0.25, 0.3) is 0 Å². The zero-order chi connectivity index (χ0) is 16.0. The molecule has 1 saturated heterocycles. The first-order valence-electron chi connectivity index (χ1n) is 7.49. The zero-order valence-electron chi connectivity index (χ0n) is 12.4. The van der Waals surface area contributed by atoms with Crippen LogP contribution in [0.15, 0.2) is 18.2 Å². The first-order valence-corrected chi connectivity index (χ1v) is 8.65. The van der Waals surface area contributed by atoms with Gasteiger partial charge in [-0.2, -0.15) is 11.8 Å². The Kier molecular flexibility index (Phi) is 6.20. The molecule has 3 nitrogen and oxygen atoms in total. The van der Waals surface area contributed by atoms with Crippen molar-refractivity contribution >= 4 is 17.7 Å². The average molecular weight is 329 g/mol. The third-order valence-corrected chi connectivity index (χ3v) is 4.88. The number of amides is 1. The highest BCUT2D eigenvalue weighted by atomic mass is 32.2. The lowest BCUT2D eigenvalue weighted by molar-refractivity contribution is -0.122. The molecule has 1 amide bonds. The third-order valence-electron chi connectivity index (χ3n) is 3.89. The van der Waals surface area contributed by atoms with Crippen molar-refractivity contribution in [2.24, 2.45) is 0 Å². The largest absolute Gasteiger partial charge is 0.388 e. The van der Waals surface area contributed by atoms with Gasteiger partial charge in [0.2, 0.25) is 5.91 Å². The highest BCUT2D eigenvalue weighted by molar-refractivity contribution is 7.99. The van der Waals surface area contributed by atoms with Gasteiger partial charge in [-0.05, 0) is 54.9 Å². The van der Waals surface area contributed by atoms with E-state index in [1.54, 1.807) is 0 Å². The Bertz CT molecular complexity index is 519. The van der Waals surface area contributed by atoms with Crippen molar-refractivity contribution in [1.82, 2.24) is 5.32 Å². The molecule has 0 aromatic heterocycles. The molecule has 1 aliphatic rings. The third kappa shape index (κ3) is 5.25. The van der Waals surface area contributed by atoms with E-state index in [9.17, 15) is 18.7 Å². The normalized spacial score (nSPS) is 17.2. The van der Waals surface area contributed by atoms with Gasteiger partial charge in [-0.15, -0.1) is 0 Å². The van der Waals surface area contributed by atoms with E-state index in [4.69, 9.17) is 0 Å². The first-order chi connectivity index (χ1) is 10.5. The first kappa shape index (κ1) is 17.2. The molecule has 0 bridgehead atoms. The molecular weight excluding hydrogens is 308 g/mol. The number of thioether (sulfide) groups is 1. The highest BCUT2D eigenvalue weighted by Gasteiger charge is 2.29. The quantitative estimate of drug-likeness (QED) is 0.844. The monoisotopic (exact) mass is 329 g/mol. The average Bonchev–Trinajstić information content (AvgIpc) is 2.50. The number of rotatable bonds is 6. The van der Waals surface area contributed by atoms with Crippen molar-refractivity contribution in [1.29, 1.82) is 0 Å². The summed E-state index contributed by atoms with van der Waals surface area (Å²) in [7, 11) is 0. The van der Waals surface area contributed by atoms with E-state index < -0.39 is 17.2 Å². The summed E-state index contributed by atoms with van der Waals surface area (Å²) < 4.78 is 25.8. The van der Waals surface area contributed by atoms with E-state index in [2.05, 4.69) is 5.32 Å². The second-order valence-electron chi connectivity index (χ2n) is 5.72. The fourth-order valence-corrected chi connectivity index (χ4v) is 3.68. The second-order valence-corrected chi connectivity index (χ2v) is 6.94. The van der Waals surface area contributed by atoms with Crippen molar-refractivity contribution in [3.63, 3.8) is 0 Å². The Morgan fingerprint density at radius 3 is 2.68 bits per heavy atom. The van der Waals surface area contributed by atoms with Crippen LogP contribution in [0.3, 0.4) is 0 Å². The van der Waals surface area contributed by atoms with Crippen molar-refractivity contribution in [3.8, 4) is 0 Å². The minimum Gasteiger partial charge on any atom is -0.388 e. The lowest BCUT2D eigenvalue weighted by Crippen LogP contribution is -2.45. The summed E-state index contributed by atoms with van der Waals surface area (Å²) in [6.07, 6.45) is 2.79. The number of halogens is 2. The molecule has 1 fully saturated rings. The molecular formula is C16H21F2NO2S. The molecule has 122 valence electrons. The second kappa shape index (κ2) is 7.92. The van der Waals surface area contributed by atoms with Crippen molar-refractivity contribution < 1.29 is 18.7 Å². The Morgan fingerprint density at radius 2 is 2.00 bits per heavy atom. The number of nitrogens with one attached hydrogen (secondary N) is 1. The number of hydrogen-bond acceptors (Lipinski definition) is 3. The fraction of sp³-hybridized carbons (Fsp3) is 0.562. The molecule has 1 aromatic carbocycles. The number of benzene rings is 1. The van der Waals surface area contributed by atoms with Gasteiger partial charge in [-0.1, -0.05) is 6.07 Å². The number of carbonyl (C=O) groups excluding carboxylic acids is 1. The number of hydrogen-bond donors (Lipinski definition) is 2. The Hall–Kier alpha value is -1.14. The molecule has 1 heterocycles. The van der Waals surface area contributed by atoms with Gasteiger partial charge in [0.15, 0.2) is 11.6 Å². The van der Waals surface area contributed by atoms with E-state index in [1.807, 2.05) is 11.8 Å². The van der Waals surface area contributed by atoms with Gasteiger partial charge < -0.3 is 10.4 Å². The molecule has 0 atom stereocenters. The molecule has 0 unspecified atom stereocenters. The van der Waals surface area contributed by atoms with Crippen molar-refractivity contribution in [2.75, 3.05) is 18.1 Å². The molecule has 1 aromatic rings. The number of aliphatic hydroxyl groups is 1. The molecule has 6 heteroatoms. The smallest absolute Gasteiger partial charge is 0.220 e. The molecule has 0 spiro atoms. The Morgan fingerprint density at radius 1 is 1.27 bits per heavy atom. The Balaban J connectivity index is 1.68. The summed E-state index contributed by atoms with van der Waals surface area (Å²) in [5, 5.41) is 13.0. The molecule has 0 radical (unpaired) electrons. The molecule has 1 aliphatic heterocycles. The minimum absolute atomic E-state index is 0.116. The fourth-order valence-electron chi connectivity index (χ4n) is 2.43. The van der Waals surface area contributed by atoms with Gasteiger partial charge in [0.05, 0.1) is 5.60 Å². The van der Waals surface area contributed by atoms with Crippen LogP contribution in [0.4, 0.5) is 8.78 Å². The van der Waals surface area contributed by atoms with Gasteiger partial charge in [0, 0.05) is 13.0 Å². The maximum absolute atomic E-state index is 13.1. The molecule has 0 saturated carbocycles. The van der Waals surface area contributed by atoms with Gasteiger partial charge in [-0.25, -0.2) is 8.78 Å². The minimum atomic E-state index is -0.862. The van der Waals surface area contributed by atoms with Crippen LogP contribution in [-0.2, 0) is 11.2 Å². The SMILES string of the molecule is O=C(CCCc1ccc(F)c(F)c1)NCC1(O)CCSCC1. The van der Waals surface area contributed by atoms with Gasteiger partial charge in [0.1, 0.15) is 0 Å². The van der Waals surface area contributed by atoms with Gasteiger partial charge in [0.25, 0.3) is 0 Å². The van der Waals surface area contributed by atoms with E-state index >= 15 is 0 Å². The van der Waals surface area contributed by atoms with Crippen LogP contribution in [0.5, 0.6) is 0 Å². The highest BCUT2D eigenvalue weighted by Crippen LogP contribution is 2.26. The summed E-state index contributed by atoms with van der Waals surface area (Å²) in [4.78, 5) is 11.8. The van der Waals surface area contributed by atoms with Crippen LogP contribution in [0.1, 0.15) is 31.2 Å². The number of carbonyl (C=O) groups is 1. The maximum atomic E-state index is 13.1. The lowest BCUT2D eigenvalue weighted by Gasteiger charge is -2.31. The lowest BCUT2D eigenvalue weighted by atomic mass is 9.97. The Labute approximate surface area is 133 Å². The van der Waals surface area contributed by atoms with E-state index in [0.29, 0.717) is 37.7 Å². The van der Waals surface area contributed by atoms with Gasteiger partial charge in [-0.3, -0.25) is 4.79 Å². The summed E-state index contributed by atoms with van der Waals surface area (Å²) in [5.74, 6) is -0.000630. The summed E-state index contributed by atoms with van der Waals surface area (Å²) in [6.45, 7) is 0.289. The predicted octanol–water partition coefficient (Wildman–Crippen LogP) is 2.66. The standard InChI is InChI=1S/C16H21F2NO2S/c17-13-5-4-12(10-14(13)18)2-1-3-15(20)19-11-16(21)6-8-22-9-7-16/h4-5,10,21H,1-3,6-9,11H2,(H,19,20). The predicted molar refractivity (Wildman–Crippen MR) is 83.8 cm³/mol. The summed E-state index contributed by atoms with van der Waals surface area (Å²) in [5.41, 5.74) is -0.101. The molecule has 2 N–H and O–H groups in total. The van der Waals surface area contributed by atoms with Crippen molar-refractivity contribution in [3.05, 3.63) is 35.4 Å². The number of aryl methyl sites for hydroxylation is 1. The maximum Gasteiger partial charge on any atom is 0.220 e. The molecule has 22 heavy (non-hydrogen) atoms. The molecule has 0 aliphatic carbocycles. The zero-order valence-corrected chi connectivity index (χ0v) is 13.2. The van der Waals surface area contributed by atoms with Crippen LogP contribution in [0.2, 0.25) is 0 Å². The topological polar surface area (TPSA) is 49.3 Å². The molecule has 2 rings (SSSR count). The van der Waals surface area contributed by atoms with Crippen LogP contribution in [0, 0.1) is 11.6 Å². The van der Waals surface area contributed by atoms with Crippen LogP contribution < -0.4 is 5.32 Å². The van der Waals surface area contributed by atoms with E-state index in [-0.39, 0.29) is 12.5 Å².